The van der Waals surface area contributed by atoms with Crippen LogP contribution in [0.25, 0.3) is 11.3 Å². The third-order valence-electron chi connectivity index (χ3n) is 3.12. The highest BCUT2D eigenvalue weighted by Crippen LogP contribution is 2.27. The number of thiazole rings is 1. The molecule has 0 aliphatic heterocycles. The first-order valence-corrected chi connectivity index (χ1v) is 7.16. The number of aromatic nitrogens is 1. The van der Waals surface area contributed by atoms with Gasteiger partial charge in [-0.25, -0.2) is 9.37 Å². The zero-order chi connectivity index (χ0) is 13.2. The van der Waals surface area contributed by atoms with Gasteiger partial charge in [0.05, 0.1) is 12.8 Å². The van der Waals surface area contributed by atoms with E-state index < -0.39 is 0 Å². The predicted molar refractivity (Wildman–Crippen MR) is 73.9 cm³/mol. The minimum absolute atomic E-state index is 0.259. The first-order chi connectivity index (χ1) is 9.26. The molecule has 0 radical (unpaired) electrons. The van der Waals surface area contributed by atoms with Gasteiger partial charge in [-0.3, -0.25) is 0 Å². The Hall–Kier alpha value is -1.46. The van der Waals surface area contributed by atoms with Crippen molar-refractivity contribution in [3.05, 3.63) is 34.4 Å². The molecule has 5 heteroatoms. The van der Waals surface area contributed by atoms with Crippen LogP contribution in [-0.4, -0.2) is 18.1 Å². The quantitative estimate of drug-likeness (QED) is 0.912. The fraction of sp³-hybridized carbons (Fsp3) is 0.357. The molecule has 1 heterocycles. The van der Waals surface area contributed by atoms with Crippen molar-refractivity contribution >= 4 is 11.3 Å². The van der Waals surface area contributed by atoms with Crippen LogP contribution in [0.15, 0.2) is 23.6 Å². The summed E-state index contributed by atoms with van der Waals surface area (Å²) in [5.74, 6) is -0.0970. The van der Waals surface area contributed by atoms with E-state index in [1.165, 1.54) is 26.0 Å². The van der Waals surface area contributed by atoms with Crippen LogP contribution in [0.2, 0.25) is 0 Å². The number of rotatable bonds is 5. The molecule has 0 unspecified atom stereocenters. The largest absolute Gasteiger partial charge is 0.494 e. The zero-order valence-electron chi connectivity index (χ0n) is 10.6. The Balaban J connectivity index is 1.75. The van der Waals surface area contributed by atoms with Crippen molar-refractivity contribution in [2.75, 3.05) is 7.11 Å². The van der Waals surface area contributed by atoms with Crippen LogP contribution in [0.5, 0.6) is 5.75 Å². The van der Waals surface area contributed by atoms with Crippen molar-refractivity contribution in [2.24, 2.45) is 0 Å². The van der Waals surface area contributed by atoms with Crippen LogP contribution >= 0.6 is 11.3 Å². The molecule has 1 N–H and O–H groups in total. The van der Waals surface area contributed by atoms with Gasteiger partial charge in [0.2, 0.25) is 0 Å². The van der Waals surface area contributed by atoms with Crippen LogP contribution in [0.3, 0.4) is 0 Å². The Kier molecular flexibility index (Phi) is 3.48. The van der Waals surface area contributed by atoms with E-state index in [-0.39, 0.29) is 11.6 Å². The fourth-order valence-corrected chi connectivity index (χ4v) is 2.62. The Labute approximate surface area is 115 Å². The monoisotopic (exact) mass is 278 g/mol. The SMILES string of the molecule is COc1ccc(-c2csc(CNC3CC3)n2)cc1F. The van der Waals surface area contributed by atoms with Crippen LogP contribution in [0.1, 0.15) is 17.8 Å². The van der Waals surface area contributed by atoms with Gasteiger partial charge < -0.3 is 10.1 Å². The summed E-state index contributed by atoms with van der Waals surface area (Å²) in [6.45, 7) is 0.800. The zero-order valence-corrected chi connectivity index (χ0v) is 11.5. The molecule has 3 rings (SSSR count). The Morgan fingerprint density at radius 1 is 1.47 bits per heavy atom. The summed E-state index contributed by atoms with van der Waals surface area (Å²) in [6.07, 6.45) is 2.53. The molecule has 1 aliphatic carbocycles. The highest BCUT2D eigenvalue weighted by atomic mass is 32.1. The van der Waals surface area contributed by atoms with Crippen molar-refractivity contribution in [3.8, 4) is 17.0 Å². The molecule has 0 spiro atoms. The summed E-state index contributed by atoms with van der Waals surface area (Å²) in [4.78, 5) is 4.53. The van der Waals surface area contributed by atoms with E-state index in [1.807, 2.05) is 11.4 Å². The molecule has 100 valence electrons. The number of nitrogens with zero attached hydrogens (tertiary/aromatic N) is 1. The first-order valence-electron chi connectivity index (χ1n) is 6.28. The molecule has 3 nitrogen and oxygen atoms in total. The standard InChI is InChI=1S/C14H15FN2OS/c1-18-13-5-2-9(6-11(13)15)12-8-19-14(17-12)7-16-10-3-4-10/h2,5-6,8,10,16H,3-4,7H2,1H3. The molecule has 1 aromatic heterocycles. The Bertz CT molecular complexity index is 581. The molecule has 1 fully saturated rings. The van der Waals surface area contributed by atoms with E-state index in [1.54, 1.807) is 17.4 Å². The maximum atomic E-state index is 13.6. The normalized spacial score (nSPS) is 14.6. The van der Waals surface area contributed by atoms with Gasteiger partial charge in [0.15, 0.2) is 11.6 Å². The summed E-state index contributed by atoms with van der Waals surface area (Å²) in [7, 11) is 1.46. The van der Waals surface area contributed by atoms with Crippen LogP contribution in [0.4, 0.5) is 4.39 Å². The third-order valence-corrected chi connectivity index (χ3v) is 3.97. The Morgan fingerprint density at radius 2 is 2.32 bits per heavy atom. The van der Waals surface area contributed by atoms with Crippen molar-refractivity contribution in [1.29, 1.82) is 0 Å². The number of hydrogen-bond acceptors (Lipinski definition) is 4. The average Bonchev–Trinajstić information content (AvgIpc) is 3.13. The van der Waals surface area contributed by atoms with Gasteiger partial charge in [-0.1, -0.05) is 0 Å². The van der Waals surface area contributed by atoms with Gasteiger partial charge in [0.25, 0.3) is 0 Å². The highest BCUT2D eigenvalue weighted by Gasteiger charge is 2.20. The van der Waals surface area contributed by atoms with Gasteiger partial charge in [-0.05, 0) is 31.0 Å². The molecule has 1 saturated carbocycles. The van der Waals surface area contributed by atoms with E-state index in [0.717, 1.165) is 22.8 Å². The topological polar surface area (TPSA) is 34.1 Å². The maximum Gasteiger partial charge on any atom is 0.165 e. The van der Waals surface area contributed by atoms with Crippen LogP contribution in [-0.2, 0) is 6.54 Å². The molecular weight excluding hydrogens is 263 g/mol. The lowest BCUT2D eigenvalue weighted by Crippen LogP contribution is -2.14. The number of ether oxygens (including phenoxy) is 1. The summed E-state index contributed by atoms with van der Waals surface area (Å²) < 4.78 is 18.6. The van der Waals surface area contributed by atoms with E-state index in [0.29, 0.717) is 6.04 Å². The van der Waals surface area contributed by atoms with Gasteiger partial charge in [-0.2, -0.15) is 0 Å². The summed E-state index contributed by atoms with van der Waals surface area (Å²) in [5, 5.41) is 6.42. The van der Waals surface area contributed by atoms with Crippen molar-refractivity contribution in [2.45, 2.75) is 25.4 Å². The number of benzene rings is 1. The molecule has 2 aromatic rings. The average molecular weight is 278 g/mol. The van der Waals surface area contributed by atoms with Crippen LogP contribution in [0, 0.1) is 5.82 Å². The van der Waals surface area contributed by atoms with Crippen molar-refractivity contribution < 1.29 is 9.13 Å². The third kappa shape index (κ3) is 2.93. The molecular formula is C14H15FN2OS. The number of methoxy groups -OCH3 is 1. The molecule has 0 atom stereocenters. The molecule has 1 aliphatic rings. The predicted octanol–water partition coefficient (Wildman–Crippen LogP) is 3.21. The van der Waals surface area contributed by atoms with E-state index in [4.69, 9.17) is 4.74 Å². The van der Waals surface area contributed by atoms with Crippen molar-refractivity contribution in [1.82, 2.24) is 10.3 Å². The van der Waals surface area contributed by atoms with Gasteiger partial charge in [0.1, 0.15) is 5.01 Å². The molecule has 0 bridgehead atoms. The second-order valence-corrected chi connectivity index (χ2v) is 5.57. The number of nitrogens with one attached hydrogen (secondary N) is 1. The lowest BCUT2D eigenvalue weighted by Gasteiger charge is -2.03. The minimum Gasteiger partial charge on any atom is -0.494 e. The highest BCUT2D eigenvalue weighted by molar-refractivity contribution is 7.09. The fourth-order valence-electron chi connectivity index (χ4n) is 1.87. The van der Waals surface area contributed by atoms with E-state index in [2.05, 4.69) is 10.3 Å². The van der Waals surface area contributed by atoms with E-state index in [9.17, 15) is 4.39 Å². The lowest BCUT2D eigenvalue weighted by atomic mass is 10.1. The molecule has 19 heavy (non-hydrogen) atoms. The maximum absolute atomic E-state index is 13.6. The summed E-state index contributed by atoms with van der Waals surface area (Å²) in [5.41, 5.74) is 1.60. The lowest BCUT2D eigenvalue weighted by molar-refractivity contribution is 0.386. The summed E-state index contributed by atoms with van der Waals surface area (Å²) >= 11 is 1.60. The molecule has 0 amide bonds. The number of hydrogen-bond donors (Lipinski definition) is 1. The second-order valence-electron chi connectivity index (χ2n) is 4.63. The van der Waals surface area contributed by atoms with Crippen LogP contribution < -0.4 is 10.1 Å². The van der Waals surface area contributed by atoms with Crippen molar-refractivity contribution in [3.63, 3.8) is 0 Å². The molecule has 1 aromatic carbocycles. The van der Waals surface area contributed by atoms with Gasteiger partial charge in [-0.15, -0.1) is 11.3 Å². The molecule has 0 saturated heterocycles. The summed E-state index contributed by atoms with van der Waals surface area (Å²) in [6, 6.07) is 5.60. The number of halogens is 1. The Morgan fingerprint density at radius 3 is 3.00 bits per heavy atom. The second kappa shape index (κ2) is 5.27. The van der Waals surface area contributed by atoms with Gasteiger partial charge in [0, 0.05) is 23.5 Å². The first kappa shape index (κ1) is 12.6. The minimum atomic E-state index is -0.356. The van der Waals surface area contributed by atoms with E-state index >= 15 is 0 Å². The smallest absolute Gasteiger partial charge is 0.165 e. The van der Waals surface area contributed by atoms with Gasteiger partial charge >= 0.3 is 0 Å².